The van der Waals surface area contributed by atoms with Crippen LogP contribution in [0.1, 0.15) is 6.92 Å². The number of halogens is 2. The van der Waals surface area contributed by atoms with Crippen molar-refractivity contribution < 1.29 is 23.4 Å². The van der Waals surface area contributed by atoms with Crippen molar-refractivity contribution in [1.29, 1.82) is 0 Å². The van der Waals surface area contributed by atoms with E-state index in [1.807, 2.05) is 0 Å². The Morgan fingerprint density at radius 1 is 1.50 bits per heavy atom. The fourth-order valence-corrected chi connectivity index (χ4v) is 0.812. The van der Waals surface area contributed by atoms with Crippen molar-refractivity contribution in [3.05, 3.63) is 29.8 Å². The van der Waals surface area contributed by atoms with Crippen LogP contribution in [0.3, 0.4) is 0 Å². The van der Waals surface area contributed by atoms with Crippen molar-refractivity contribution in [2.24, 2.45) is 0 Å². The Labute approximate surface area is 78.9 Å². The summed E-state index contributed by atoms with van der Waals surface area (Å²) in [5.74, 6) is -3.15. The van der Waals surface area contributed by atoms with Crippen molar-refractivity contribution in [3.63, 3.8) is 0 Å². The van der Waals surface area contributed by atoms with Gasteiger partial charge in [0.25, 0.3) is 0 Å². The predicted octanol–water partition coefficient (Wildman–Crippen LogP) is 1.82. The van der Waals surface area contributed by atoms with Crippen LogP contribution in [0.5, 0.6) is 5.75 Å². The van der Waals surface area contributed by atoms with Crippen LogP contribution in [0.2, 0.25) is 0 Å². The van der Waals surface area contributed by atoms with E-state index in [-0.39, 0.29) is 5.75 Å². The van der Waals surface area contributed by atoms with Crippen molar-refractivity contribution in [2.45, 2.75) is 13.0 Å². The van der Waals surface area contributed by atoms with Crippen LogP contribution in [0.4, 0.5) is 8.78 Å². The highest BCUT2D eigenvalue weighted by Crippen LogP contribution is 2.18. The van der Waals surface area contributed by atoms with Crippen molar-refractivity contribution in [3.8, 4) is 5.75 Å². The van der Waals surface area contributed by atoms with Gasteiger partial charge in [-0.05, 0) is 19.1 Å². The first kappa shape index (κ1) is 10.4. The third kappa shape index (κ3) is 2.42. The molecule has 0 bridgehead atoms. The van der Waals surface area contributed by atoms with Crippen molar-refractivity contribution in [2.75, 3.05) is 0 Å². The summed E-state index contributed by atoms with van der Waals surface area (Å²) in [5.41, 5.74) is 0. The molecule has 3 nitrogen and oxygen atoms in total. The number of aliphatic carboxylic acids is 1. The summed E-state index contributed by atoms with van der Waals surface area (Å²) in [4.78, 5) is 10.4. The lowest BCUT2D eigenvalue weighted by Crippen LogP contribution is -2.23. The summed E-state index contributed by atoms with van der Waals surface area (Å²) < 4.78 is 30.1. The molecular weight excluding hydrogens is 194 g/mol. The van der Waals surface area contributed by atoms with Gasteiger partial charge >= 0.3 is 5.97 Å². The minimum Gasteiger partial charge on any atom is -0.479 e. The van der Waals surface area contributed by atoms with E-state index < -0.39 is 23.7 Å². The monoisotopic (exact) mass is 202 g/mol. The molecule has 0 amide bonds. The smallest absolute Gasteiger partial charge is 0.344 e. The molecule has 1 rings (SSSR count). The first-order valence-corrected chi connectivity index (χ1v) is 3.85. The summed E-state index contributed by atoms with van der Waals surface area (Å²) >= 11 is 0. The molecule has 0 aromatic heterocycles. The average Bonchev–Trinajstić information content (AvgIpc) is 2.09. The van der Waals surface area contributed by atoms with Gasteiger partial charge in [-0.15, -0.1) is 0 Å². The quantitative estimate of drug-likeness (QED) is 0.813. The van der Waals surface area contributed by atoms with Crippen LogP contribution in [-0.2, 0) is 4.79 Å². The van der Waals surface area contributed by atoms with Gasteiger partial charge in [-0.1, -0.05) is 0 Å². The topological polar surface area (TPSA) is 46.5 Å². The standard InChI is InChI=1S/C9H8F2O3/c1-5(9(12)13)14-8-3-2-6(10)4-7(8)11/h2-5H,1H3,(H,12,13)/t5-/m1/s1. The van der Waals surface area contributed by atoms with E-state index in [0.29, 0.717) is 6.07 Å². The largest absolute Gasteiger partial charge is 0.479 e. The van der Waals surface area contributed by atoms with Crippen LogP contribution in [0.15, 0.2) is 18.2 Å². The molecule has 0 aliphatic carbocycles. The number of hydrogen-bond acceptors (Lipinski definition) is 2. The lowest BCUT2D eigenvalue weighted by atomic mass is 10.3. The highest BCUT2D eigenvalue weighted by Gasteiger charge is 2.15. The summed E-state index contributed by atoms with van der Waals surface area (Å²) in [6.07, 6.45) is -1.17. The number of benzene rings is 1. The molecule has 0 aliphatic heterocycles. The van der Waals surface area contributed by atoms with Crippen LogP contribution in [-0.4, -0.2) is 17.2 Å². The lowest BCUT2D eigenvalue weighted by Gasteiger charge is -2.10. The molecule has 0 heterocycles. The van der Waals surface area contributed by atoms with Gasteiger partial charge in [0.05, 0.1) is 0 Å². The van der Waals surface area contributed by atoms with E-state index in [9.17, 15) is 13.6 Å². The van der Waals surface area contributed by atoms with Gasteiger partial charge in [-0.2, -0.15) is 0 Å². The van der Waals surface area contributed by atoms with Crippen LogP contribution < -0.4 is 4.74 Å². The van der Waals surface area contributed by atoms with Gasteiger partial charge in [0.15, 0.2) is 17.7 Å². The second kappa shape index (κ2) is 4.04. The molecule has 14 heavy (non-hydrogen) atoms. The molecule has 0 aliphatic rings. The molecule has 0 saturated heterocycles. The zero-order chi connectivity index (χ0) is 10.7. The molecule has 76 valence electrons. The maximum atomic E-state index is 12.9. The summed E-state index contributed by atoms with van der Waals surface area (Å²) in [6.45, 7) is 1.26. The zero-order valence-electron chi connectivity index (χ0n) is 7.33. The Hall–Kier alpha value is -1.65. The molecule has 0 spiro atoms. The lowest BCUT2D eigenvalue weighted by molar-refractivity contribution is -0.144. The van der Waals surface area contributed by atoms with Crippen LogP contribution in [0.25, 0.3) is 0 Å². The first-order valence-electron chi connectivity index (χ1n) is 3.85. The van der Waals surface area contributed by atoms with E-state index >= 15 is 0 Å². The Kier molecular flexibility index (Phi) is 3.01. The van der Waals surface area contributed by atoms with Gasteiger partial charge in [-0.3, -0.25) is 0 Å². The Bertz CT molecular complexity index is 352. The van der Waals surface area contributed by atoms with Gasteiger partial charge in [0, 0.05) is 6.07 Å². The maximum absolute atomic E-state index is 12.9. The third-order valence-corrected chi connectivity index (χ3v) is 1.55. The molecular formula is C9H8F2O3. The van der Waals surface area contributed by atoms with Crippen LogP contribution >= 0.6 is 0 Å². The minimum absolute atomic E-state index is 0.277. The van der Waals surface area contributed by atoms with Gasteiger partial charge in [0.1, 0.15) is 5.82 Å². The normalized spacial score (nSPS) is 12.2. The molecule has 5 heteroatoms. The molecule has 0 unspecified atom stereocenters. The first-order chi connectivity index (χ1) is 6.50. The number of rotatable bonds is 3. The van der Waals surface area contributed by atoms with Crippen LogP contribution in [0, 0.1) is 11.6 Å². The summed E-state index contributed by atoms with van der Waals surface area (Å²) in [7, 11) is 0. The number of ether oxygens (including phenoxy) is 1. The third-order valence-electron chi connectivity index (χ3n) is 1.55. The number of hydrogen-bond donors (Lipinski definition) is 1. The maximum Gasteiger partial charge on any atom is 0.344 e. The molecule has 1 atom stereocenters. The van der Waals surface area contributed by atoms with E-state index in [0.717, 1.165) is 12.1 Å². The molecule has 0 radical (unpaired) electrons. The second-order valence-corrected chi connectivity index (χ2v) is 2.67. The van der Waals surface area contributed by atoms with E-state index in [1.54, 1.807) is 0 Å². The highest BCUT2D eigenvalue weighted by molar-refractivity contribution is 5.72. The molecule has 1 aromatic rings. The number of carboxylic acids is 1. The fourth-order valence-electron chi connectivity index (χ4n) is 0.812. The van der Waals surface area contributed by atoms with Crippen molar-refractivity contribution in [1.82, 2.24) is 0 Å². The molecule has 0 saturated carbocycles. The molecule has 1 aromatic carbocycles. The Balaban J connectivity index is 2.82. The Morgan fingerprint density at radius 3 is 2.64 bits per heavy atom. The minimum atomic E-state index is -1.21. The fraction of sp³-hybridized carbons (Fsp3) is 0.222. The van der Waals surface area contributed by atoms with Gasteiger partial charge < -0.3 is 9.84 Å². The zero-order valence-corrected chi connectivity index (χ0v) is 7.33. The number of carboxylic acid groups (broad SMARTS) is 1. The number of carbonyl (C=O) groups is 1. The average molecular weight is 202 g/mol. The second-order valence-electron chi connectivity index (χ2n) is 2.67. The summed E-state index contributed by atoms with van der Waals surface area (Å²) in [6, 6.07) is 2.67. The van der Waals surface area contributed by atoms with Gasteiger partial charge in [0.2, 0.25) is 0 Å². The summed E-state index contributed by atoms with van der Waals surface area (Å²) in [5, 5.41) is 8.47. The van der Waals surface area contributed by atoms with Crippen molar-refractivity contribution >= 4 is 5.97 Å². The van der Waals surface area contributed by atoms with E-state index in [2.05, 4.69) is 0 Å². The van der Waals surface area contributed by atoms with E-state index in [1.165, 1.54) is 6.92 Å². The van der Waals surface area contributed by atoms with E-state index in [4.69, 9.17) is 9.84 Å². The molecule has 1 N–H and O–H groups in total. The van der Waals surface area contributed by atoms with Gasteiger partial charge in [-0.25, -0.2) is 13.6 Å². The SMILES string of the molecule is C[C@@H](Oc1ccc(F)cc1F)C(=O)O. The predicted molar refractivity (Wildman–Crippen MR) is 44.1 cm³/mol. The molecule has 0 fully saturated rings. The highest BCUT2D eigenvalue weighted by atomic mass is 19.1. The Morgan fingerprint density at radius 2 is 2.14 bits per heavy atom.